The van der Waals surface area contributed by atoms with Crippen LogP contribution in [0.4, 0.5) is 4.79 Å². The first-order valence-electron chi connectivity index (χ1n) is 6.12. The molecule has 1 rings (SSSR count). The summed E-state index contributed by atoms with van der Waals surface area (Å²) in [6.07, 6.45) is -0.597. The number of rotatable bonds is 5. The van der Waals surface area contributed by atoms with Crippen LogP contribution in [0.3, 0.4) is 0 Å². The minimum Gasteiger partial charge on any atom is -0.444 e. The minimum atomic E-state index is -1.64. The standard InChI is InChI=1S/C12H18Cl3NO4/c1-11(2,3)20-10(18)16-5-8(6-16)19-7-12(14,15)9(17)4-13/h8H,4-7H2,1-3H3. The highest BCUT2D eigenvalue weighted by molar-refractivity contribution is 6.60. The SMILES string of the molecule is CC(C)(C)OC(=O)N1CC(OCC(Cl)(Cl)C(=O)CCl)C1. The first kappa shape index (κ1) is 17.8. The second-order valence-electron chi connectivity index (χ2n) is 5.58. The third-order valence-electron chi connectivity index (χ3n) is 2.53. The highest BCUT2D eigenvalue weighted by atomic mass is 35.5. The maximum Gasteiger partial charge on any atom is 0.410 e. The van der Waals surface area contributed by atoms with Gasteiger partial charge in [-0.1, -0.05) is 23.2 Å². The molecule has 5 nitrogen and oxygen atoms in total. The van der Waals surface area contributed by atoms with E-state index < -0.39 is 21.8 Å². The Morgan fingerprint density at radius 2 is 1.80 bits per heavy atom. The fraction of sp³-hybridized carbons (Fsp3) is 0.833. The number of carbonyl (C=O) groups excluding carboxylic acids is 2. The molecule has 1 aliphatic rings. The van der Waals surface area contributed by atoms with Crippen LogP contribution in [0.15, 0.2) is 0 Å². The van der Waals surface area contributed by atoms with E-state index in [4.69, 9.17) is 44.3 Å². The summed E-state index contributed by atoms with van der Waals surface area (Å²) < 4.78 is 8.94. The zero-order valence-electron chi connectivity index (χ0n) is 11.6. The number of hydrogen-bond acceptors (Lipinski definition) is 4. The molecule has 0 aliphatic carbocycles. The van der Waals surface area contributed by atoms with Crippen LogP contribution in [-0.2, 0) is 14.3 Å². The molecule has 0 atom stereocenters. The Morgan fingerprint density at radius 1 is 1.25 bits per heavy atom. The van der Waals surface area contributed by atoms with Crippen molar-refractivity contribution < 1.29 is 19.1 Å². The Hall–Kier alpha value is -0.230. The zero-order valence-corrected chi connectivity index (χ0v) is 13.9. The molecule has 0 unspecified atom stereocenters. The van der Waals surface area contributed by atoms with Gasteiger partial charge in [0.05, 0.1) is 31.7 Å². The van der Waals surface area contributed by atoms with E-state index in [1.807, 2.05) is 0 Å². The highest BCUT2D eigenvalue weighted by Crippen LogP contribution is 2.25. The predicted molar refractivity (Wildman–Crippen MR) is 77.7 cm³/mol. The molecule has 0 aromatic carbocycles. The van der Waals surface area contributed by atoms with Crippen molar-refractivity contribution in [2.24, 2.45) is 0 Å². The van der Waals surface area contributed by atoms with E-state index in [9.17, 15) is 9.59 Å². The van der Waals surface area contributed by atoms with Crippen LogP contribution in [0.5, 0.6) is 0 Å². The number of Topliss-reactive ketones (excluding diaryl/α,β-unsaturated/α-hetero) is 1. The summed E-state index contributed by atoms with van der Waals surface area (Å²) in [5, 5.41) is 0. The third kappa shape index (κ3) is 5.28. The predicted octanol–water partition coefficient (Wildman–Crippen LogP) is 2.60. The van der Waals surface area contributed by atoms with Crippen LogP contribution in [0.1, 0.15) is 20.8 Å². The van der Waals surface area contributed by atoms with Crippen molar-refractivity contribution in [1.29, 1.82) is 0 Å². The van der Waals surface area contributed by atoms with Gasteiger partial charge in [-0.15, -0.1) is 11.6 Å². The summed E-state index contributed by atoms with van der Waals surface area (Å²) in [7, 11) is 0. The summed E-state index contributed by atoms with van der Waals surface area (Å²) in [5.74, 6) is -0.781. The number of ketones is 1. The van der Waals surface area contributed by atoms with Crippen molar-refractivity contribution in [3.63, 3.8) is 0 Å². The van der Waals surface area contributed by atoms with Gasteiger partial charge in [-0.3, -0.25) is 4.79 Å². The van der Waals surface area contributed by atoms with Crippen molar-refractivity contribution in [3.8, 4) is 0 Å². The van der Waals surface area contributed by atoms with Gasteiger partial charge in [0.15, 0.2) is 10.1 Å². The lowest BCUT2D eigenvalue weighted by atomic mass is 10.1. The molecule has 0 N–H and O–H groups in total. The Labute approximate surface area is 133 Å². The van der Waals surface area contributed by atoms with Gasteiger partial charge in [0, 0.05) is 0 Å². The number of alkyl halides is 3. The Morgan fingerprint density at radius 3 is 2.25 bits per heavy atom. The molecule has 1 aliphatic heterocycles. The molecule has 116 valence electrons. The molecule has 1 saturated heterocycles. The van der Waals surface area contributed by atoms with Crippen molar-refractivity contribution >= 4 is 46.7 Å². The lowest BCUT2D eigenvalue weighted by Gasteiger charge is -2.40. The number of likely N-dealkylation sites (tertiary alicyclic amines) is 1. The molecule has 1 fully saturated rings. The van der Waals surface area contributed by atoms with Gasteiger partial charge in [-0.05, 0) is 20.8 Å². The Kier molecular flexibility index (Phi) is 5.96. The van der Waals surface area contributed by atoms with Gasteiger partial charge in [-0.25, -0.2) is 4.79 Å². The van der Waals surface area contributed by atoms with Gasteiger partial charge < -0.3 is 14.4 Å². The van der Waals surface area contributed by atoms with E-state index in [1.165, 1.54) is 4.90 Å². The Bertz CT molecular complexity index is 375. The molecule has 0 saturated carbocycles. The van der Waals surface area contributed by atoms with E-state index in [-0.39, 0.29) is 18.6 Å². The maximum absolute atomic E-state index is 11.7. The highest BCUT2D eigenvalue weighted by Gasteiger charge is 2.38. The van der Waals surface area contributed by atoms with E-state index in [0.717, 1.165) is 0 Å². The quantitative estimate of drug-likeness (QED) is 0.718. The molecule has 0 aromatic rings. The fourth-order valence-corrected chi connectivity index (χ4v) is 2.04. The average molecular weight is 347 g/mol. The molecule has 0 bridgehead atoms. The average Bonchev–Trinajstić information content (AvgIpc) is 2.22. The van der Waals surface area contributed by atoms with Gasteiger partial charge in [0.1, 0.15) is 5.60 Å². The van der Waals surface area contributed by atoms with Crippen LogP contribution in [0, 0.1) is 0 Å². The topological polar surface area (TPSA) is 55.8 Å². The number of ether oxygens (including phenoxy) is 2. The van der Waals surface area contributed by atoms with Gasteiger partial charge >= 0.3 is 6.09 Å². The number of nitrogens with zero attached hydrogens (tertiary/aromatic N) is 1. The lowest BCUT2D eigenvalue weighted by Crippen LogP contribution is -2.56. The maximum atomic E-state index is 11.7. The number of carbonyl (C=O) groups is 2. The smallest absolute Gasteiger partial charge is 0.410 e. The molecule has 1 heterocycles. The van der Waals surface area contributed by atoms with E-state index >= 15 is 0 Å². The first-order chi connectivity index (χ1) is 9.05. The van der Waals surface area contributed by atoms with Crippen molar-refractivity contribution in [3.05, 3.63) is 0 Å². The second kappa shape index (κ2) is 6.69. The fourth-order valence-electron chi connectivity index (χ4n) is 1.42. The van der Waals surface area contributed by atoms with Crippen LogP contribution >= 0.6 is 34.8 Å². The van der Waals surface area contributed by atoms with Gasteiger partial charge in [-0.2, -0.15) is 0 Å². The molecule has 0 spiro atoms. The van der Waals surface area contributed by atoms with Gasteiger partial charge in [0.2, 0.25) is 0 Å². The van der Waals surface area contributed by atoms with E-state index in [1.54, 1.807) is 20.8 Å². The largest absolute Gasteiger partial charge is 0.444 e. The van der Waals surface area contributed by atoms with Crippen LogP contribution < -0.4 is 0 Å². The summed E-state index contributed by atoms with van der Waals surface area (Å²) >= 11 is 17.0. The molecule has 1 amide bonds. The lowest BCUT2D eigenvalue weighted by molar-refractivity contribution is -0.120. The normalized spacial score (nSPS) is 16.8. The summed E-state index contributed by atoms with van der Waals surface area (Å²) in [4.78, 5) is 24.5. The zero-order chi connectivity index (χ0) is 15.6. The van der Waals surface area contributed by atoms with Crippen LogP contribution in [0.25, 0.3) is 0 Å². The van der Waals surface area contributed by atoms with E-state index in [2.05, 4.69) is 0 Å². The second-order valence-corrected chi connectivity index (χ2v) is 7.33. The minimum absolute atomic E-state index is 0.158. The monoisotopic (exact) mass is 345 g/mol. The molecule has 20 heavy (non-hydrogen) atoms. The molecular weight excluding hydrogens is 328 g/mol. The van der Waals surface area contributed by atoms with Crippen molar-refractivity contribution in [1.82, 2.24) is 4.90 Å². The number of amides is 1. The van der Waals surface area contributed by atoms with E-state index in [0.29, 0.717) is 13.1 Å². The summed E-state index contributed by atoms with van der Waals surface area (Å²) in [6, 6.07) is 0. The molecular formula is C12H18Cl3NO4. The molecule has 8 heteroatoms. The summed E-state index contributed by atoms with van der Waals surface area (Å²) in [5.41, 5.74) is -0.531. The van der Waals surface area contributed by atoms with Crippen molar-refractivity contribution in [2.45, 2.75) is 36.8 Å². The van der Waals surface area contributed by atoms with Crippen LogP contribution in [-0.4, -0.2) is 58.4 Å². The number of hydrogen-bond donors (Lipinski definition) is 0. The molecule has 0 radical (unpaired) electrons. The van der Waals surface area contributed by atoms with Crippen LogP contribution in [0.2, 0.25) is 0 Å². The Balaban J connectivity index is 2.29. The van der Waals surface area contributed by atoms with Gasteiger partial charge in [0.25, 0.3) is 0 Å². The van der Waals surface area contributed by atoms with Crippen molar-refractivity contribution in [2.75, 3.05) is 25.6 Å². The molecule has 0 aromatic heterocycles. The number of halogens is 3. The first-order valence-corrected chi connectivity index (χ1v) is 7.41. The third-order valence-corrected chi connectivity index (χ3v) is 3.41. The summed E-state index contributed by atoms with van der Waals surface area (Å²) in [6.45, 7) is 6.00.